The van der Waals surface area contributed by atoms with Gasteiger partial charge in [0.1, 0.15) is 0 Å². The second-order valence-electron chi connectivity index (χ2n) is 7.24. The van der Waals surface area contributed by atoms with Gasteiger partial charge in [0.05, 0.1) is 23.9 Å². The zero-order valence-corrected chi connectivity index (χ0v) is 17.1. The third-order valence-electron chi connectivity index (χ3n) is 5.53. The Labute approximate surface area is 166 Å². The number of ketones is 1. The van der Waals surface area contributed by atoms with E-state index in [1.54, 1.807) is 13.8 Å². The van der Waals surface area contributed by atoms with Crippen LogP contribution in [0, 0.1) is 13.8 Å². The van der Waals surface area contributed by atoms with Crippen LogP contribution in [0.25, 0.3) is 0 Å². The van der Waals surface area contributed by atoms with Crippen molar-refractivity contribution in [3.63, 3.8) is 0 Å². The molecule has 0 saturated carbocycles. The lowest BCUT2D eigenvalue weighted by atomic mass is 10.0. The molecule has 0 bridgehead atoms. The molecule has 0 aliphatic carbocycles. The van der Waals surface area contributed by atoms with Gasteiger partial charge in [0, 0.05) is 37.6 Å². The number of piperazine rings is 1. The summed E-state index contributed by atoms with van der Waals surface area (Å²) in [5.41, 5.74) is 3.57. The molecular formula is C22H29N3O3. The lowest BCUT2D eigenvalue weighted by Gasteiger charge is -2.38. The van der Waals surface area contributed by atoms with Gasteiger partial charge in [0.2, 0.25) is 0 Å². The van der Waals surface area contributed by atoms with Gasteiger partial charge in [-0.1, -0.05) is 18.2 Å². The Morgan fingerprint density at radius 3 is 2.36 bits per heavy atom. The van der Waals surface area contributed by atoms with Gasteiger partial charge in [-0.05, 0) is 45.4 Å². The fourth-order valence-corrected chi connectivity index (χ4v) is 3.89. The van der Waals surface area contributed by atoms with Crippen molar-refractivity contribution < 1.29 is 14.3 Å². The van der Waals surface area contributed by atoms with E-state index in [1.807, 2.05) is 32.0 Å². The molecule has 150 valence electrons. The monoisotopic (exact) mass is 383 g/mol. The van der Waals surface area contributed by atoms with Crippen molar-refractivity contribution in [2.24, 2.45) is 0 Å². The van der Waals surface area contributed by atoms with E-state index in [1.165, 1.54) is 5.69 Å². The Morgan fingerprint density at radius 1 is 1.11 bits per heavy atom. The Kier molecular flexibility index (Phi) is 6.19. The molecule has 1 aliphatic heterocycles. The van der Waals surface area contributed by atoms with Gasteiger partial charge in [-0.2, -0.15) is 0 Å². The Bertz CT molecular complexity index is 836. The molecule has 0 spiro atoms. The second kappa shape index (κ2) is 8.61. The lowest BCUT2D eigenvalue weighted by Crippen LogP contribution is -2.51. The van der Waals surface area contributed by atoms with Gasteiger partial charge in [-0.25, -0.2) is 4.79 Å². The van der Waals surface area contributed by atoms with Crippen LogP contribution in [0.3, 0.4) is 0 Å². The highest BCUT2D eigenvalue weighted by atomic mass is 16.5. The Hall–Kier alpha value is -2.60. The number of nitrogens with zero attached hydrogens (tertiary/aromatic N) is 2. The van der Waals surface area contributed by atoms with E-state index in [9.17, 15) is 9.59 Å². The summed E-state index contributed by atoms with van der Waals surface area (Å²) < 4.78 is 5.13. The fraction of sp³-hybridized carbons (Fsp3) is 0.455. The maximum Gasteiger partial charge on any atom is 0.340 e. The average Bonchev–Trinajstić information content (AvgIpc) is 3.02. The van der Waals surface area contributed by atoms with Crippen LogP contribution in [0.5, 0.6) is 0 Å². The number of aromatic amines is 1. The van der Waals surface area contributed by atoms with Crippen molar-refractivity contribution in [2.45, 2.75) is 33.7 Å². The second-order valence-corrected chi connectivity index (χ2v) is 7.24. The van der Waals surface area contributed by atoms with Crippen LogP contribution in [0.15, 0.2) is 30.3 Å². The lowest BCUT2D eigenvalue weighted by molar-refractivity contribution is 0.0525. The number of nitrogens with one attached hydrogen (secondary N) is 1. The van der Waals surface area contributed by atoms with Crippen LogP contribution in [-0.2, 0) is 4.74 Å². The minimum Gasteiger partial charge on any atom is -0.462 e. The van der Waals surface area contributed by atoms with Crippen LogP contribution < -0.4 is 4.90 Å². The first-order valence-corrected chi connectivity index (χ1v) is 9.88. The van der Waals surface area contributed by atoms with E-state index in [-0.39, 0.29) is 17.8 Å². The summed E-state index contributed by atoms with van der Waals surface area (Å²) in [6.07, 6.45) is 0. The molecule has 1 fully saturated rings. The molecule has 1 aliphatic rings. The number of anilines is 1. The van der Waals surface area contributed by atoms with E-state index in [2.05, 4.69) is 26.9 Å². The van der Waals surface area contributed by atoms with Crippen molar-refractivity contribution in [3.8, 4) is 0 Å². The summed E-state index contributed by atoms with van der Waals surface area (Å²) in [6, 6.07) is 10.1. The normalized spacial score (nSPS) is 16.1. The standard InChI is InChI=1S/C22H29N3O3/c1-5-28-22(27)19-15(2)20(23-16(19)3)21(26)17(4)24-11-13-25(14-12-24)18-9-7-6-8-10-18/h6-10,17,23H,5,11-14H2,1-4H3/t17-/m0/s1. The molecule has 1 atom stereocenters. The van der Waals surface area contributed by atoms with Crippen LogP contribution >= 0.6 is 0 Å². The minimum absolute atomic E-state index is 0.0179. The van der Waals surface area contributed by atoms with Gasteiger partial charge in [0.25, 0.3) is 0 Å². The SMILES string of the molecule is CCOC(=O)c1c(C)[nH]c(C(=O)[C@H](C)N2CCN(c3ccccc3)CC2)c1C. The van der Waals surface area contributed by atoms with Crippen molar-refractivity contribution >= 4 is 17.4 Å². The molecule has 1 saturated heterocycles. The number of H-pyrrole nitrogens is 1. The first-order valence-electron chi connectivity index (χ1n) is 9.88. The van der Waals surface area contributed by atoms with E-state index in [4.69, 9.17) is 4.74 Å². The molecule has 2 heterocycles. The number of benzene rings is 1. The highest BCUT2D eigenvalue weighted by Crippen LogP contribution is 2.23. The van der Waals surface area contributed by atoms with Gasteiger partial charge in [0.15, 0.2) is 5.78 Å². The van der Waals surface area contributed by atoms with Crippen molar-refractivity contribution in [3.05, 3.63) is 52.8 Å². The predicted octanol–water partition coefficient (Wildman–Crippen LogP) is 3.20. The number of aryl methyl sites for hydroxylation is 1. The number of hydrogen-bond donors (Lipinski definition) is 1. The molecule has 28 heavy (non-hydrogen) atoms. The summed E-state index contributed by atoms with van der Waals surface area (Å²) in [5.74, 6) is -0.360. The summed E-state index contributed by atoms with van der Waals surface area (Å²) in [4.78, 5) is 33.0. The smallest absolute Gasteiger partial charge is 0.340 e. The zero-order valence-electron chi connectivity index (χ0n) is 17.1. The van der Waals surface area contributed by atoms with E-state index in [0.717, 1.165) is 26.2 Å². The van der Waals surface area contributed by atoms with Crippen LogP contribution in [0.2, 0.25) is 0 Å². The van der Waals surface area contributed by atoms with Crippen LogP contribution in [0.4, 0.5) is 5.69 Å². The third kappa shape index (κ3) is 3.97. The van der Waals surface area contributed by atoms with Gasteiger partial charge in [-0.15, -0.1) is 0 Å². The first-order chi connectivity index (χ1) is 13.4. The third-order valence-corrected chi connectivity index (χ3v) is 5.53. The molecule has 6 nitrogen and oxygen atoms in total. The van der Waals surface area contributed by atoms with Crippen molar-refractivity contribution in [2.75, 3.05) is 37.7 Å². The highest BCUT2D eigenvalue weighted by Gasteiger charge is 2.30. The summed E-state index contributed by atoms with van der Waals surface area (Å²) in [7, 11) is 0. The highest BCUT2D eigenvalue weighted by molar-refractivity contribution is 6.03. The number of esters is 1. The number of carbonyl (C=O) groups is 2. The largest absolute Gasteiger partial charge is 0.462 e. The number of aromatic nitrogens is 1. The molecule has 6 heteroatoms. The van der Waals surface area contributed by atoms with E-state index < -0.39 is 0 Å². The van der Waals surface area contributed by atoms with Gasteiger partial charge >= 0.3 is 5.97 Å². The maximum atomic E-state index is 13.1. The molecule has 0 radical (unpaired) electrons. The molecule has 2 aromatic rings. The summed E-state index contributed by atoms with van der Waals surface area (Å²) in [5, 5.41) is 0. The minimum atomic E-state index is -0.378. The topological polar surface area (TPSA) is 65.6 Å². The van der Waals surface area contributed by atoms with Crippen LogP contribution in [-0.4, -0.2) is 60.5 Å². The van der Waals surface area contributed by atoms with Crippen molar-refractivity contribution in [1.82, 2.24) is 9.88 Å². The van der Waals surface area contributed by atoms with Gasteiger partial charge < -0.3 is 14.6 Å². The number of hydrogen-bond acceptors (Lipinski definition) is 5. The van der Waals surface area contributed by atoms with Crippen molar-refractivity contribution in [1.29, 1.82) is 0 Å². The van der Waals surface area contributed by atoms with Crippen LogP contribution in [0.1, 0.15) is 46.0 Å². The number of para-hydroxylation sites is 1. The number of carbonyl (C=O) groups excluding carboxylic acids is 2. The molecule has 0 unspecified atom stereocenters. The molecule has 1 aromatic heterocycles. The van der Waals surface area contributed by atoms with E-state index in [0.29, 0.717) is 29.1 Å². The zero-order chi connectivity index (χ0) is 20.3. The molecule has 1 aromatic carbocycles. The Morgan fingerprint density at radius 2 is 1.75 bits per heavy atom. The Balaban J connectivity index is 1.69. The molecular weight excluding hydrogens is 354 g/mol. The number of rotatable bonds is 6. The molecule has 3 rings (SSSR count). The predicted molar refractivity (Wildman–Crippen MR) is 110 cm³/mol. The summed E-state index contributed by atoms with van der Waals surface area (Å²) >= 11 is 0. The van der Waals surface area contributed by atoms with E-state index >= 15 is 0 Å². The van der Waals surface area contributed by atoms with Gasteiger partial charge in [-0.3, -0.25) is 9.69 Å². The molecule has 0 amide bonds. The first kappa shape index (κ1) is 20.1. The number of ether oxygens (including phenoxy) is 1. The summed E-state index contributed by atoms with van der Waals surface area (Å²) in [6.45, 7) is 11.1. The quantitative estimate of drug-likeness (QED) is 0.613. The average molecular weight is 383 g/mol. The fourth-order valence-electron chi connectivity index (χ4n) is 3.89. The number of Topliss-reactive ketones (excluding diaryl/α,β-unsaturated/α-hetero) is 1. The molecule has 1 N–H and O–H groups in total. The maximum absolute atomic E-state index is 13.1.